The van der Waals surface area contributed by atoms with Crippen LogP contribution < -0.4 is 11.1 Å². The lowest BCUT2D eigenvalue weighted by atomic mass is 9.84. The van der Waals surface area contributed by atoms with Crippen LogP contribution in [0.25, 0.3) is 0 Å². The lowest BCUT2D eigenvalue weighted by Gasteiger charge is -2.29. The van der Waals surface area contributed by atoms with Crippen molar-refractivity contribution < 1.29 is 9.53 Å². The van der Waals surface area contributed by atoms with Gasteiger partial charge in [0.2, 0.25) is 5.91 Å². The molecule has 4 nitrogen and oxygen atoms in total. The minimum absolute atomic E-state index is 0.0382. The summed E-state index contributed by atoms with van der Waals surface area (Å²) >= 11 is 1.95. The average molecular weight is 258 g/mol. The molecule has 5 heteroatoms. The zero-order valence-corrected chi connectivity index (χ0v) is 11.4. The molecule has 0 radical (unpaired) electrons. The first kappa shape index (κ1) is 13.2. The highest BCUT2D eigenvalue weighted by atomic mass is 32.2. The molecular formula is C12H22N2O2S. The van der Waals surface area contributed by atoms with Gasteiger partial charge in [-0.2, -0.15) is 11.8 Å². The normalized spacial score (nSPS) is 41.7. The number of carbonyl (C=O) groups is 1. The second kappa shape index (κ2) is 4.78. The Morgan fingerprint density at radius 2 is 2.35 bits per heavy atom. The van der Waals surface area contributed by atoms with Crippen LogP contribution in [0.5, 0.6) is 0 Å². The van der Waals surface area contributed by atoms with E-state index < -0.39 is 5.41 Å². The van der Waals surface area contributed by atoms with E-state index in [0.29, 0.717) is 13.2 Å². The lowest BCUT2D eigenvalue weighted by Crippen LogP contribution is -2.52. The minimum Gasteiger partial charge on any atom is -0.379 e. The van der Waals surface area contributed by atoms with Crippen molar-refractivity contribution >= 4 is 17.7 Å². The maximum atomic E-state index is 12.2. The van der Waals surface area contributed by atoms with Crippen molar-refractivity contribution in [1.29, 1.82) is 0 Å². The molecule has 2 fully saturated rings. The molecule has 3 N–H and O–H groups in total. The first-order chi connectivity index (χ1) is 7.96. The molecule has 0 aliphatic carbocycles. The third kappa shape index (κ3) is 2.61. The molecule has 17 heavy (non-hydrogen) atoms. The molecule has 1 amide bonds. The summed E-state index contributed by atoms with van der Waals surface area (Å²) in [7, 11) is 0. The Balaban J connectivity index is 1.89. The van der Waals surface area contributed by atoms with E-state index in [-0.39, 0.29) is 16.7 Å². The van der Waals surface area contributed by atoms with Gasteiger partial charge in [0.25, 0.3) is 0 Å². The van der Waals surface area contributed by atoms with E-state index in [1.807, 2.05) is 18.7 Å². The molecule has 0 aromatic rings. The number of hydrogen-bond donors (Lipinski definition) is 2. The van der Waals surface area contributed by atoms with Crippen LogP contribution in [0.4, 0.5) is 0 Å². The van der Waals surface area contributed by atoms with Gasteiger partial charge in [0.05, 0.1) is 18.6 Å². The van der Waals surface area contributed by atoms with Gasteiger partial charge in [0.15, 0.2) is 0 Å². The van der Waals surface area contributed by atoms with Crippen molar-refractivity contribution in [2.24, 2.45) is 11.1 Å². The smallest absolute Gasteiger partial charge is 0.229 e. The Morgan fingerprint density at radius 3 is 2.88 bits per heavy atom. The summed E-state index contributed by atoms with van der Waals surface area (Å²) in [4.78, 5) is 12.2. The Morgan fingerprint density at radius 1 is 1.59 bits per heavy atom. The van der Waals surface area contributed by atoms with E-state index in [9.17, 15) is 4.79 Å². The monoisotopic (exact) mass is 258 g/mol. The third-order valence-corrected chi connectivity index (χ3v) is 5.50. The predicted molar refractivity (Wildman–Crippen MR) is 70.0 cm³/mol. The van der Waals surface area contributed by atoms with Crippen molar-refractivity contribution in [3.8, 4) is 0 Å². The highest BCUT2D eigenvalue weighted by Crippen LogP contribution is 2.37. The number of ether oxygens (including phenoxy) is 1. The SMILES string of the molecule is CC1(CNC(=O)C2(C)COCC2N)CCCS1. The summed E-state index contributed by atoms with van der Waals surface area (Å²) < 4.78 is 5.50. The van der Waals surface area contributed by atoms with Crippen LogP contribution in [0.2, 0.25) is 0 Å². The zero-order valence-electron chi connectivity index (χ0n) is 10.6. The molecule has 0 bridgehead atoms. The number of rotatable bonds is 3. The maximum absolute atomic E-state index is 12.2. The van der Waals surface area contributed by atoms with E-state index in [4.69, 9.17) is 10.5 Å². The van der Waals surface area contributed by atoms with Gasteiger partial charge in [0.1, 0.15) is 0 Å². The average Bonchev–Trinajstić information content (AvgIpc) is 2.85. The van der Waals surface area contributed by atoms with Crippen molar-refractivity contribution in [3.05, 3.63) is 0 Å². The van der Waals surface area contributed by atoms with Gasteiger partial charge in [-0.3, -0.25) is 4.79 Å². The summed E-state index contributed by atoms with van der Waals surface area (Å²) in [5.41, 5.74) is 5.38. The zero-order chi connectivity index (χ0) is 12.5. The Kier molecular flexibility index (Phi) is 3.71. The van der Waals surface area contributed by atoms with Crippen LogP contribution in [0.15, 0.2) is 0 Å². The first-order valence-corrected chi connectivity index (χ1v) is 7.20. The second-order valence-corrected chi connectivity index (χ2v) is 7.31. The molecule has 3 unspecified atom stereocenters. The van der Waals surface area contributed by atoms with Crippen molar-refractivity contribution in [2.75, 3.05) is 25.5 Å². The Bertz CT molecular complexity index is 305. The fraction of sp³-hybridized carbons (Fsp3) is 0.917. The number of thioether (sulfide) groups is 1. The molecule has 2 heterocycles. The van der Waals surface area contributed by atoms with E-state index in [2.05, 4.69) is 12.2 Å². The predicted octanol–water partition coefficient (Wildman–Crippen LogP) is 0.752. The Labute approximate surface area is 107 Å². The third-order valence-electron chi connectivity index (χ3n) is 3.96. The fourth-order valence-electron chi connectivity index (χ4n) is 2.37. The number of nitrogens with two attached hydrogens (primary N) is 1. The Hall–Kier alpha value is -0.260. The van der Waals surface area contributed by atoms with Gasteiger partial charge in [-0.05, 0) is 32.4 Å². The summed E-state index contributed by atoms with van der Waals surface area (Å²) in [5, 5.41) is 3.06. The number of nitrogens with one attached hydrogen (secondary N) is 1. The standard InChI is InChI=1S/C12H22N2O2S/c1-11(4-3-5-17-11)7-14-10(15)12(2)8-16-6-9(12)13/h9H,3-8,13H2,1-2H3,(H,14,15). The van der Waals surface area contributed by atoms with Gasteiger partial charge < -0.3 is 15.8 Å². The molecule has 0 spiro atoms. The van der Waals surface area contributed by atoms with Gasteiger partial charge >= 0.3 is 0 Å². The highest BCUT2D eigenvalue weighted by Gasteiger charge is 2.44. The maximum Gasteiger partial charge on any atom is 0.229 e. The van der Waals surface area contributed by atoms with Crippen LogP contribution >= 0.6 is 11.8 Å². The molecule has 0 saturated carbocycles. The van der Waals surface area contributed by atoms with Crippen LogP contribution in [-0.4, -0.2) is 42.2 Å². The summed E-state index contributed by atoms with van der Waals surface area (Å²) in [6, 6.07) is -0.188. The summed E-state index contributed by atoms with van der Waals surface area (Å²) in [6.07, 6.45) is 2.42. The number of carbonyl (C=O) groups excluding carboxylic acids is 1. The van der Waals surface area contributed by atoms with Crippen LogP contribution in [0.3, 0.4) is 0 Å². The lowest BCUT2D eigenvalue weighted by molar-refractivity contribution is -0.130. The molecule has 98 valence electrons. The van der Waals surface area contributed by atoms with E-state index in [0.717, 1.165) is 6.54 Å². The molecule has 2 saturated heterocycles. The van der Waals surface area contributed by atoms with Gasteiger partial charge in [-0.15, -0.1) is 0 Å². The van der Waals surface area contributed by atoms with Gasteiger partial charge in [0, 0.05) is 17.3 Å². The van der Waals surface area contributed by atoms with Crippen molar-refractivity contribution in [2.45, 2.75) is 37.5 Å². The molecule has 3 atom stereocenters. The number of hydrogen-bond acceptors (Lipinski definition) is 4. The van der Waals surface area contributed by atoms with E-state index in [1.165, 1.54) is 18.6 Å². The molecule has 2 aliphatic heterocycles. The summed E-state index contributed by atoms with van der Waals surface area (Å²) in [6.45, 7) is 5.76. The molecular weight excluding hydrogens is 236 g/mol. The molecule has 0 aromatic heterocycles. The highest BCUT2D eigenvalue weighted by molar-refractivity contribution is 8.00. The van der Waals surface area contributed by atoms with Gasteiger partial charge in [-0.1, -0.05) is 0 Å². The summed E-state index contributed by atoms with van der Waals surface area (Å²) in [5.74, 6) is 1.24. The molecule has 2 rings (SSSR count). The van der Waals surface area contributed by atoms with Crippen LogP contribution in [0.1, 0.15) is 26.7 Å². The molecule has 2 aliphatic rings. The first-order valence-electron chi connectivity index (χ1n) is 6.22. The quantitative estimate of drug-likeness (QED) is 0.784. The van der Waals surface area contributed by atoms with Crippen LogP contribution in [-0.2, 0) is 9.53 Å². The topological polar surface area (TPSA) is 64.3 Å². The minimum atomic E-state index is -0.556. The van der Waals surface area contributed by atoms with Crippen molar-refractivity contribution in [1.82, 2.24) is 5.32 Å². The number of amides is 1. The van der Waals surface area contributed by atoms with Crippen LogP contribution in [0, 0.1) is 5.41 Å². The largest absolute Gasteiger partial charge is 0.379 e. The fourth-order valence-corrected chi connectivity index (χ4v) is 3.61. The van der Waals surface area contributed by atoms with Gasteiger partial charge in [-0.25, -0.2) is 0 Å². The second-order valence-electron chi connectivity index (χ2n) is 5.62. The van der Waals surface area contributed by atoms with E-state index in [1.54, 1.807) is 0 Å². The van der Waals surface area contributed by atoms with E-state index >= 15 is 0 Å². The molecule has 0 aromatic carbocycles. The van der Waals surface area contributed by atoms with Crippen molar-refractivity contribution in [3.63, 3.8) is 0 Å².